The zero-order chi connectivity index (χ0) is 24.4. The fourth-order valence-electron chi connectivity index (χ4n) is 3.81. The number of rotatable bonds is 6. The lowest BCUT2D eigenvalue weighted by Gasteiger charge is -2.11. The van der Waals surface area contributed by atoms with Crippen LogP contribution in [0.2, 0.25) is 0 Å². The molecule has 3 aromatic heterocycles. The molecule has 5 aromatic rings. The van der Waals surface area contributed by atoms with Crippen molar-refractivity contribution < 1.29 is 4.79 Å². The molecule has 2 aromatic carbocycles. The van der Waals surface area contributed by atoms with E-state index in [9.17, 15) is 14.4 Å². The van der Waals surface area contributed by atoms with Gasteiger partial charge in [-0.1, -0.05) is 49.4 Å². The summed E-state index contributed by atoms with van der Waals surface area (Å²) in [5.41, 5.74) is 1.34. The van der Waals surface area contributed by atoms with Crippen molar-refractivity contribution in [3.63, 3.8) is 0 Å². The molecule has 10 nitrogen and oxygen atoms in total. The third kappa shape index (κ3) is 4.24. The number of aryl methyl sites for hydroxylation is 1. The molecule has 0 atom stereocenters. The number of para-hydroxylation sites is 1. The van der Waals surface area contributed by atoms with Gasteiger partial charge in [-0.2, -0.15) is 5.10 Å². The number of carbonyl (C=O) groups is 1. The predicted molar refractivity (Wildman–Crippen MR) is 132 cm³/mol. The number of anilines is 1. The largest absolute Gasteiger partial charge is 0.329 e. The highest BCUT2D eigenvalue weighted by Gasteiger charge is 2.16. The fourth-order valence-corrected chi connectivity index (χ4v) is 3.81. The van der Waals surface area contributed by atoms with Gasteiger partial charge in [0, 0.05) is 23.9 Å². The Kier molecular flexibility index (Phi) is 5.76. The van der Waals surface area contributed by atoms with Crippen molar-refractivity contribution in [2.75, 3.05) is 5.32 Å². The molecule has 0 aliphatic heterocycles. The number of carbonyl (C=O) groups excluding carboxylic acids is 1. The Morgan fingerprint density at radius 3 is 2.63 bits per heavy atom. The van der Waals surface area contributed by atoms with Crippen molar-refractivity contribution >= 4 is 22.6 Å². The number of amides is 1. The minimum atomic E-state index is -0.588. The van der Waals surface area contributed by atoms with Crippen molar-refractivity contribution in [3.05, 3.63) is 93.3 Å². The van der Waals surface area contributed by atoms with E-state index in [2.05, 4.69) is 30.5 Å². The van der Waals surface area contributed by atoms with Gasteiger partial charge in [0.2, 0.25) is 0 Å². The van der Waals surface area contributed by atoms with E-state index < -0.39 is 17.2 Å². The van der Waals surface area contributed by atoms with Crippen LogP contribution in [0, 0.1) is 0 Å². The molecular formula is C25H21N7O3. The number of hydrogen-bond donors (Lipinski definition) is 3. The second-order valence-electron chi connectivity index (χ2n) is 7.88. The Morgan fingerprint density at radius 1 is 1.06 bits per heavy atom. The highest BCUT2D eigenvalue weighted by atomic mass is 16.2. The number of benzene rings is 2. The van der Waals surface area contributed by atoms with Crippen molar-refractivity contribution in [1.29, 1.82) is 0 Å². The van der Waals surface area contributed by atoms with Gasteiger partial charge in [0.15, 0.2) is 11.6 Å². The molecule has 0 fully saturated rings. The lowest BCUT2D eigenvalue weighted by Crippen LogP contribution is -2.31. The Morgan fingerprint density at radius 2 is 1.83 bits per heavy atom. The summed E-state index contributed by atoms with van der Waals surface area (Å²) in [6.07, 6.45) is 2.04. The van der Waals surface area contributed by atoms with E-state index in [1.165, 1.54) is 16.8 Å². The number of aromatic amines is 2. The van der Waals surface area contributed by atoms with Gasteiger partial charge in [0.25, 0.3) is 11.5 Å². The zero-order valence-electron chi connectivity index (χ0n) is 18.8. The van der Waals surface area contributed by atoms with Crippen LogP contribution in [0.5, 0.6) is 0 Å². The third-order valence-electron chi connectivity index (χ3n) is 5.49. The van der Waals surface area contributed by atoms with E-state index >= 15 is 0 Å². The molecule has 0 radical (unpaired) electrons. The maximum Gasteiger partial charge on any atom is 0.329 e. The number of nitrogens with zero attached hydrogens (tertiary/aromatic N) is 4. The fraction of sp³-hybridized carbons (Fsp3) is 0.120. The van der Waals surface area contributed by atoms with E-state index in [0.29, 0.717) is 35.9 Å². The van der Waals surface area contributed by atoms with Gasteiger partial charge in [0.1, 0.15) is 5.65 Å². The van der Waals surface area contributed by atoms with Gasteiger partial charge in [0.05, 0.1) is 16.6 Å². The number of H-pyrrole nitrogens is 2. The molecule has 0 unspecified atom stereocenters. The van der Waals surface area contributed by atoms with E-state index in [0.717, 1.165) is 5.56 Å². The molecule has 0 aliphatic rings. The second kappa shape index (κ2) is 9.18. The predicted octanol–water partition coefficient (Wildman–Crippen LogP) is 3.20. The molecule has 3 heterocycles. The van der Waals surface area contributed by atoms with Crippen LogP contribution in [0.4, 0.5) is 5.69 Å². The van der Waals surface area contributed by atoms with Crippen LogP contribution in [0.3, 0.4) is 0 Å². The maximum atomic E-state index is 13.1. The first-order valence-corrected chi connectivity index (χ1v) is 11.1. The minimum Gasteiger partial charge on any atom is -0.321 e. The third-order valence-corrected chi connectivity index (χ3v) is 5.49. The highest BCUT2D eigenvalue weighted by Crippen LogP contribution is 2.27. The first-order chi connectivity index (χ1) is 17.0. The van der Waals surface area contributed by atoms with E-state index in [1.807, 2.05) is 49.4 Å². The second-order valence-corrected chi connectivity index (χ2v) is 7.88. The molecule has 3 N–H and O–H groups in total. The quantitative estimate of drug-likeness (QED) is 0.351. The first kappa shape index (κ1) is 22.0. The standard InChI is InChI=1S/C25H21N7O3/c1-2-12-32-22-18(24(34)29-25(32)35)13-16(14-26-22)23(33)27-19-11-7-6-10-17(19)21-28-20(30-31-21)15-8-4-3-5-9-15/h3-11,13-14H,2,12H2,1H3,(H,27,33)(H,28,30,31)(H,29,34,35). The number of pyridine rings is 1. The lowest BCUT2D eigenvalue weighted by molar-refractivity contribution is 0.102. The highest BCUT2D eigenvalue weighted by molar-refractivity contribution is 6.07. The van der Waals surface area contributed by atoms with Crippen LogP contribution in [0.25, 0.3) is 33.8 Å². The molecule has 1 amide bonds. The summed E-state index contributed by atoms with van der Waals surface area (Å²) in [5.74, 6) is 0.580. The summed E-state index contributed by atoms with van der Waals surface area (Å²) >= 11 is 0. The maximum absolute atomic E-state index is 13.1. The minimum absolute atomic E-state index is 0.168. The Bertz CT molecular complexity index is 1650. The SMILES string of the molecule is CCCn1c(=O)[nH]c(=O)c2cc(C(=O)Nc3ccccc3-c3nc(-c4ccccc4)n[nH]3)cnc21. The number of hydrogen-bond acceptors (Lipinski definition) is 6. The molecule has 5 rings (SSSR count). The molecule has 10 heteroatoms. The Labute approximate surface area is 198 Å². The van der Waals surface area contributed by atoms with Crippen molar-refractivity contribution in [2.24, 2.45) is 0 Å². The smallest absolute Gasteiger partial charge is 0.321 e. The number of aromatic nitrogens is 6. The van der Waals surface area contributed by atoms with Gasteiger partial charge in [-0.3, -0.25) is 24.2 Å². The van der Waals surface area contributed by atoms with Gasteiger partial charge in [-0.15, -0.1) is 0 Å². The van der Waals surface area contributed by atoms with Crippen LogP contribution < -0.4 is 16.6 Å². The normalized spacial score (nSPS) is 11.0. The summed E-state index contributed by atoms with van der Waals surface area (Å²) in [7, 11) is 0. The van der Waals surface area contributed by atoms with E-state index in [-0.39, 0.29) is 16.6 Å². The van der Waals surface area contributed by atoms with E-state index in [4.69, 9.17) is 0 Å². The lowest BCUT2D eigenvalue weighted by atomic mass is 10.1. The summed E-state index contributed by atoms with van der Waals surface area (Å²) < 4.78 is 1.39. The van der Waals surface area contributed by atoms with Crippen LogP contribution in [-0.4, -0.2) is 35.6 Å². The average molecular weight is 467 g/mol. The molecule has 0 saturated carbocycles. The first-order valence-electron chi connectivity index (χ1n) is 11.1. The van der Waals surface area contributed by atoms with Crippen LogP contribution >= 0.6 is 0 Å². The monoisotopic (exact) mass is 467 g/mol. The summed E-state index contributed by atoms with van der Waals surface area (Å²) in [6.45, 7) is 2.32. The molecule has 0 aliphatic carbocycles. The molecule has 35 heavy (non-hydrogen) atoms. The molecule has 0 bridgehead atoms. The van der Waals surface area contributed by atoms with Crippen LogP contribution in [0.1, 0.15) is 23.7 Å². The summed E-state index contributed by atoms with van der Waals surface area (Å²) in [6, 6.07) is 18.2. The number of nitrogens with one attached hydrogen (secondary N) is 3. The van der Waals surface area contributed by atoms with Gasteiger partial charge in [-0.05, 0) is 24.6 Å². The van der Waals surface area contributed by atoms with Crippen molar-refractivity contribution in [2.45, 2.75) is 19.9 Å². The Hall–Kier alpha value is -4.86. The average Bonchev–Trinajstić information content (AvgIpc) is 3.37. The molecular weight excluding hydrogens is 446 g/mol. The van der Waals surface area contributed by atoms with E-state index in [1.54, 1.807) is 12.1 Å². The molecule has 0 saturated heterocycles. The molecule has 174 valence electrons. The van der Waals surface area contributed by atoms with Gasteiger partial charge >= 0.3 is 5.69 Å². The van der Waals surface area contributed by atoms with Gasteiger partial charge < -0.3 is 5.32 Å². The zero-order valence-corrected chi connectivity index (χ0v) is 18.8. The topological polar surface area (TPSA) is 138 Å². The van der Waals surface area contributed by atoms with Crippen LogP contribution in [0.15, 0.2) is 76.4 Å². The van der Waals surface area contributed by atoms with Crippen molar-refractivity contribution in [3.8, 4) is 22.8 Å². The van der Waals surface area contributed by atoms with Crippen LogP contribution in [-0.2, 0) is 6.54 Å². The Balaban J connectivity index is 1.47. The molecule has 0 spiro atoms. The van der Waals surface area contributed by atoms with Gasteiger partial charge in [-0.25, -0.2) is 14.8 Å². The number of fused-ring (bicyclic) bond motifs is 1. The van der Waals surface area contributed by atoms with Crippen molar-refractivity contribution in [1.82, 2.24) is 29.7 Å². The summed E-state index contributed by atoms with van der Waals surface area (Å²) in [4.78, 5) is 48.7. The summed E-state index contributed by atoms with van der Waals surface area (Å²) in [5, 5.41) is 10.2.